The largest absolute Gasteiger partial charge is 0.418 e. The summed E-state index contributed by atoms with van der Waals surface area (Å²) in [5.41, 5.74) is 0.755. The summed E-state index contributed by atoms with van der Waals surface area (Å²) < 4.78 is 5.49. The predicted octanol–water partition coefficient (Wildman–Crippen LogP) is 2.00. The summed E-state index contributed by atoms with van der Waals surface area (Å²) >= 11 is 1.57. The highest BCUT2D eigenvalue weighted by Gasteiger charge is 2.11. The van der Waals surface area contributed by atoms with E-state index in [1.807, 2.05) is 12.3 Å². The van der Waals surface area contributed by atoms with E-state index in [1.165, 1.54) is 0 Å². The molecule has 2 aromatic rings. The zero-order valence-corrected chi connectivity index (χ0v) is 10.3. The minimum absolute atomic E-state index is 0.400. The Morgan fingerprint density at radius 2 is 2.25 bits per heavy atom. The van der Waals surface area contributed by atoms with Gasteiger partial charge in [-0.1, -0.05) is 13.8 Å². The molecule has 0 bridgehead atoms. The molecule has 2 heterocycles. The molecule has 6 heteroatoms. The summed E-state index contributed by atoms with van der Waals surface area (Å²) in [6, 6.07) is 0.400. The molecule has 0 aliphatic rings. The van der Waals surface area contributed by atoms with E-state index in [0.717, 1.165) is 10.7 Å². The third-order valence-electron chi connectivity index (χ3n) is 1.97. The van der Waals surface area contributed by atoms with Crippen LogP contribution >= 0.6 is 11.3 Å². The molecule has 0 saturated carbocycles. The number of aryl methyl sites for hydroxylation is 1. The lowest BCUT2D eigenvalue weighted by Crippen LogP contribution is -2.21. The van der Waals surface area contributed by atoms with Gasteiger partial charge in [-0.25, -0.2) is 4.98 Å². The average molecular weight is 238 g/mol. The van der Waals surface area contributed by atoms with Gasteiger partial charge in [-0.15, -0.1) is 21.5 Å². The zero-order valence-electron chi connectivity index (χ0n) is 9.52. The lowest BCUT2D eigenvalue weighted by molar-refractivity contribution is 0.458. The maximum atomic E-state index is 5.49. The molecule has 86 valence electrons. The van der Waals surface area contributed by atoms with Crippen LogP contribution in [0.5, 0.6) is 0 Å². The highest BCUT2D eigenvalue weighted by atomic mass is 32.1. The van der Waals surface area contributed by atoms with Crippen LogP contribution in [0.4, 0.5) is 0 Å². The standard InChI is InChI=1S/C10H14N4OS/c1-6(2)11-4-9-13-14-10(15-9)8-5-16-7(3)12-8/h5-6,11H,4H2,1-3H3. The maximum Gasteiger partial charge on any atom is 0.267 e. The summed E-state index contributed by atoms with van der Waals surface area (Å²) in [6.45, 7) is 6.68. The van der Waals surface area contributed by atoms with E-state index in [-0.39, 0.29) is 0 Å². The van der Waals surface area contributed by atoms with Gasteiger partial charge in [0.1, 0.15) is 5.69 Å². The van der Waals surface area contributed by atoms with Crippen LogP contribution in [-0.2, 0) is 6.54 Å². The molecule has 2 rings (SSSR count). The molecule has 0 aliphatic heterocycles. The lowest BCUT2D eigenvalue weighted by Gasteiger charge is -2.03. The van der Waals surface area contributed by atoms with Crippen molar-refractivity contribution in [2.75, 3.05) is 0 Å². The van der Waals surface area contributed by atoms with Gasteiger partial charge in [-0.05, 0) is 6.92 Å². The van der Waals surface area contributed by atoms with Gasteiger partial charge in [0.25, 0.3) is 5.89 Å². The van der Waals surface area contributed by atoms with Crippen LogP contribution in [0.3, 0.4) is 0 Å². The SMILES string of the molecule is Cc1nc(-c2nnc(CNC(C)C)o2)cs1. The normalized spacial score (nSPS) is 11.2. The molecule has 0 atom stereocenters. The van der Waals surface area contributed by atoms with Crippen molar-refractivity contribution >= 4 is 11.3 Å². The number of hydrogen-bond acceptors (Lipinski definition) is 6. The molecule has 0 fully saturated rings. The number of hydrogen-bond donors (Lipinski definition) is 1. The monoisotopic (exact) mass is 238 g/mol. The first-order chi connectivity index (χ1) is 7.65. The van der Waals surface area contributed by atoms with Crippen LogP contribution in [0, 0.1) is 6.92 Å². The molecular weight excluding hydrogens is 224 g/mol. The van der Waals surface area contributed by atoms with Crippen LogP contribution in [0.25, 0.3) is 11.6 Å². The first kappa shape index (κ1) is 11.2. The van der Waals surface area contributed by atoms with Crippen molar-refractivity contribution in [3.8, 4) is 11.6 Å². The smallest absolute Gasteiger partial charge is 0.267 e. The molecular formula is C10H14N4OS. The highest BCUT2D eigenvalue weighted by Crippen LogP contribution is 2.19. The van der Waals surface area contributed by atoms with Gasteiger partial charge in [-0.3, -0.25) is 0 Å². The molecule has 2 aromatic heterocycles. The van der Waals surface area contributed by atoms with Gasteiger partial charge in [0.2, 0.25) is 5.89 Å². The molecule has 0 spiro atoms. The van der Waals surface area contributed by atoms with E-state index in [9.17, 15) is 0 Å². The van der Waals surface area contributed by atoms with Gasteiger partial charge < -0.3 is 9.73 Å². The Bertz CT molecular complexity index is 463. The molecule has 0 aromatic carbocycles. The van der Waals surface area contributed by atoms with Gasteiger partial charge in [-0.2, -0.15) is 0 Å². The van der Waals surface area contributed by atoms with Crippen molar-refractivity contribution in [1.82, 2.24) is 20.5 Å². The van der Waals surface area contributed by atoms with Gasteiger partial charge >= 0.3 is 0 Å². The number of nitrogens with one attached hydrogen (secondary N) is 1. The first-order valence-electron chi connectivity index (χ1n) is 5.13. The fourth-order valence-electron chi connectivity index (χ4n) is 1.18. The van der Waals surface area contributed by atoms with E-state index in [2.05, 4.69) is 34.3 Å². The number of aromatic nitrogens is 3. The number of thiazole rings is 1. The highest BCUT2D eigenvalue weighted by molar-refractivity contribution is 7.09. The van der Waals surface area contributed by atoms with E-state index >= 15 is 0 Å². The molecule has 0 amide bonds. The van der Waals surface area contributed by atoms with E-state index in [0.29, 0.717) is 24.4 Å². The average Bonchev–Trinajstić information content (AvgIpc) is 2.83. The summed E-state index contributed by atoms with van der Waals surface area (Å²) in [5, 5.41) is 14.1. The Balaban J connectivity index is 2.07. The Hall–Kier alpha value is -1.27. The van der Waals surface area contributed by atoms with Crippen LogP contribution in [0.1, 0.15) is 24.7 Å². The molecule has 5 nitrogen and oxygen atoms in total. The van der Waals surface area contributed by atoms with Crippen molar-refractivity contribution < 1.29 is 4.42 Å². The summed E-state index contributed by atoms with van der Waals surface area (Å²) in [7, 11) is 0. The molecule has 0 radical (unpaired) electrons. The topological polar surface area (TPSA) is 63.8 Å². The van der Waals surface area contributed by atoms with Crippen molar-refractivity contribution in [2.24, 2.45) is 0 Å². The van der Waals surface area contributed by atoms with Crippen LogP contribution in [-0.4, -0.2) is 21.2 Å². The second-order valence-electron chi connectivity index (χ2n) is 3.79. The summed E-state index contributed by atoms with van der Waals surface area (Å²) in [5.74, 6) is 1.08. The lowest BCUT2D eigenvalue weighted by atomic mass is 10.4. The third-order valence-corrected chi connectivity index (χ3v) is 2.74. The molecule has 0 saturated heterocycles. The maximum absolute atomic E-state index is 5.49. The van der Waals surface area contributed by atoms with Crippen LogP contribution in [0.15, 0.2) is 9.80 Å². The van der Waals surface area contributed by atoms with E-state index < -0.39 is 0 Å². The van der Waals surface area contributed by atoms with E-state index in [4.69, 9.17) is 4.42 Å². The molecule has 0 unspecified atom stereocenters. The Labute approximate surface area is 97.9 Å². The van der Waals surface area contributed by atoms with Crippen molar-refractivity contribution in [3.05, 3.63) is 16.3 Å². The van der Waals surface area contributed by atoms with Crippen molar-refractivity contribution in [3.63, 3.8) is 0 Å². The minimum atomic E-state index is 0.400. The van der Waals surface area contributed by atoms with Gasteiger partial charge in [0.15, 0.2) is 0 Å². The van der Waals surface area contributed by atoms with Crippen molar-refractivity contribution in [1.29, 1.82) is 0 Å². The Kier molecular flexibility index (Phi) is 3.31. The van der Waals surface area contributed by atoms with E-state index in [1.54, 1.807) is 11.3 Å². The molecule has 16 heavy (non-hydrogen) atoms. The molecule has 0 aliphatic carbocycles. The minimum Gasteiger partial charge on any atom is -0.418 e. The second kappa shape index (κ2) is 4.71. The number of rotatable bonds is 4. The van der Waals surface area contributed by atoms with Gasteiger partial charge in [0.05, 0.1) is 11.6 Å². The van der Waals surface area contributed by atoms with Gasteiger partial charge in [0, 0.05) is 11.4 Å². The Morgan fingerprint density at radius 1 is 1.44 bits per heavy atom. The number of nitrogens with zero attached hydrogens (tertiary/aromatic N) is 3. The quantitative estimate of drug-likeness (QED) is 0.882. The third kappa shape index (κ3) is 2.65. The van der Waals surface area contributed by atoms with Crippen LogP contribution in [0.2, 0.25) is 0 Å². The zero-order chi connectivity index (χ0) is 11.5. The second-order valence-corrected chi connectivity index (χ2v) is 4.85. The van der Waals surface area contributed by atoms with Crippen molar-refractivity contribution in [2.45, 2.75) is 33.4 Å². The van der Waals surface area contributed by atoms with Crippen LogP contribution < -0.4 is 5.32 Å². The summed E-state index contributed by atoms with van der Waals surface area (Å²) in [6.07, 6.45) is 0. The molecule has 1 N–H and O–H groups in total. The predicted molar refractivity (Wildman–Crippen MR) is 62.1 cm³/mol. The Morgan fingerprint density at radius 3 is 2.88 bits per heavy atom. The summed E-state index contributed by atoms with van der Waals surface area (Å²) in [4.78, 5) is 4.29. The first-order valence-corrected chi connectivity index (χ1v) is 6.01. The fraction of sp³-hybridized carbons (Fsp3) is 0.500. The fourth-order valence-corrected chi connectivity index (χ4v) is 1.77.